The molecule has 0 amide bonds. The SMILES string of the molecule is O=C(O)C(O)C(O)C(=O)O.c1ccc(C2(c3ccccc3)OCC(C3CCCCN3)O2)cc1. The lowest BCUT2D eigenvalue weighted by Crippen LogP contribution is -2.45. The molecule has 4 unspecified atom stereocenters. The Balaban J connectivity index is 0.000000262. The molecule has 0 spiro atoms. The highest BCUT2D eigenvalue weighted by molar-refractivity contribution is 5.83. The maximum Gasteiger partial charge on any atom is 0.335 e. The summed E-state index contributed by atoms with van der Waals surface area (Å²) in [5.74, 6) is -4.32. The summed E-state index contributed by atoms with van der Waals surface area (Å²) in [5.41, 5.74) is 2.12. The molecule has 5 N–H and O–H groups in total. The van der Waals surface area contributed by atoms with E-state index in [-0.39, 0.29) is 6.10 Å². The van der Waals surface area contributed by atoms with Gasteiger partial charge in [-0.1, -0.05) is 67.1 Å². The van der Waals surface area contributed by atoms with Gasteiger partial charge in [0.15, 0.2) is 12.2 Å². The molecule has 9 nitrogen and oxygen atoms in total. The molecule has 2 aromatic carbocycles. The van der Waals surface area contributed by atoms with Crippen molar-refractivity contribution in [2.24, 2.45) is 0 Å². The Labute approximate surface area is 191 Å². The van der Waals surface area contributed by atoms with E-state index in [1.807, 2.05) is 36.4 Å². The summed E-state index contributed by atoms with van der Waals surface area (Å²) in [6.45, 7) is 1.70. The maximum atomic E-state index is 9.77. The molecule has 33 heavy (non-hydrogen) atoms. The van der Waals surface area contributed by atoms with Crippen LogP contribution in [0.15, 0.2) is 60.7 Å². The van der Waals surface area contributed by atoms with Gasteiger partial charge in [0.1, 0.15) is 6.10 Å². The molecule has 0 bridgehead atoms. The van der Waals surface area contributed by atoms with Gasteiger partial charge >= 0.3 is 11.9 Å². The van der Waals surface area contributed by atoms with Crippen LogP contribution in [0.4, 0.5) is 0 Å². The van der Waals surface area contributed by atoms with Gasteiger partial charge in [-0.05, 0) is 19.4 Å². The predicted octanol–water partition coefficient (Wildman–Crippen LogP) is 1.32. The Morgan fingerprint density at radius 2 is 1.39 bits per heavy atom. The van der Waals surface area contributed by atoms with Crippen LogP contribution in [0.3, 0.4) is 0 Å². The highest BCUT2D eigenvalue weighted by Gasteiger charge is 2.47. The van der Waals surface area contributed by atoms with Crippen LogP contribution in [0.5, 0.6) is 0 Å². The fraction of sp³-hybridized carbons (Fsp3) is 0.417. The van der Waals surface area contributed by atoms with Crippen molar-refractivity contribution in [3.8, 4) is 0 Å². The molecule has 178 valence electrons. The normalized spacial score (nSPS) is 23.6. The molecule has 4 rings (SSSR count). The second kappa shape index (κ2) is 11.4. The highest BCUT2D eigenvalue weighted by atomic mass is 16.7. The van der Waals surface area contributed by atoms with Gasteiger partial charge in [0, 0.05) is 17.2 Å². The molecule has 2 aromatic rings. The smallest absolute Gasteiger partial charge is 0.335 e. The summed E-state index contributed by atoms with van der Waals surface area (Å²) in [4.78, 5) is 19.5. The van der Waals surface area contributed by atoms with Crippen molar-refractivity contribution in [3.63, 3.8) is 0 Å². The largest absolute Gasteiger partial charge is 0.479 e. The number of piperidine rings is 1. The number of carboxylic acids is 2. The van der Waals surface area contributed by atoms with Crippen LogP contribution in [0.1, 0.15) is 30.4 Å². The van der Waals surface area contributed by atoms with E-state index in [4.69, 9.17) is 29.9 Å². The van der Waals surface area contributed by atoms with Gasteiger partial charge in [-0.3, -0.25) is 0 Å². The number of rotatable bonds is 6. The van der Waals surface area contributed by atoms with Crippen LogP contribution >= 0.6 is 0 Å². The topological polar surface area (TPSA) is 146 Å². The zero-order valence-corrected chi connectivity index (χ0v) is 18.0. The Bertz CT molecular complexity index is 844. The molecular formula is C24H29NO8. The van der Waals surface area contributed by atoms with Crippen molar-refractivity contribution in [2.45, 2.75) is 49.4 Å². The van der Waals surface area contributed by atoms with Crippen LogP contribution in [0.2, 0.25) is 0 Å². The summed E-state index contributed by atoms with van der Waals surface area (Å²) in [6.07, 6.45) is -0.757. The fourth-order valence-corrected chi connectivity index (χ4v) is 3.93. The average Bonchev–Trinajstić information content (AvgIpc) is 3.32. The minimum absolute atomic E-state index is 0.0933. The van der Waals surface area contributed by atoms with Crippen molar-refractivity contribution < 1.29 is 39.5 Å². The van der Waals surface area contributed by atoms with E-state index in [9.17, 15) is 9.59 Å². The standard InChI is InChI=1S/C20H23NO2.C4H6O6/c1-3-9-16(10-4-1)20(17-11-5-2-6-12-17)22-15-19(23-20)18-13-7-8-14-21-18;5-1(3(7)8)2(6)4(9)10/h1-6,9-12,18-19,21H,7-8,13-15H2;1-2,5-6H,(H,7,8)(H,9,10). The number of hydrogen-bond donors (Lipinski definition) is 5. The molecule has 4 atom stereocenters. The van der Waals surface area contributed by atoms with Crippen molar-refractivity contribution in [2.75, 3.05) is 13.2 Å². The van der Waals surface area contributed by atoms with E-state index in [1.54, 1.807) is 0 Å². The van der Waals surface area contributed by atoms with E-state index in [1.165, 1.54) is 12.8 Å². The zero-order chi connectivity index (χ0) is 23.8. The number of aliphatic hydroxyl groups is 2. The first kappa shape index (κ1) is 24.8. The lowest BCUT2D eigenvalue weighted by Gasteiger charge is -2.32. The molecule has 2 aliphatic heterocycles. The second-order valence-corrected chi connectivity index (χ2v) is 7.94. The number of benzene rings is 2. The van der Waals surface area contributed by atoms with Gasteiger partial charge in [-0.2, -0.15) is 0 Å². The molecule has 0 radical (unpaired) electrons. The Kier molecular flexibility index (Phi) is 8.54. The number of ether oxygens (including phenoxy) is 2. The fourth-order valence-electron chi connectivity index (χ4n) is 3.93. The molecule has 2 saturated heterocycles. The van der Waals surface area contributed by atoms with Gasteiger partial charge in [0.2, 0.25) is 5.79 Å². The minimum atomic E-state index is -2.27. The summed E-state index contributed by atoms with van der Waals surface area (Å²) in [5, 5.41) is 36.1. The lowest BCUT2D eigenvalue weighted by atomic mass is 9.97. The first-order valence-corrected chi connectivity index (χ1v) is 10.8. The number of hydrogen-bond acceptors (Lipinski definition) is 7. The second-order valence-electron chi connectivity index (χ2n) is 7.94. The van der Waals surface area contributed by atoms with Gasteiger partial charge in [-0.15, -0.1) is 0 Å². The molecule has 9 heteroatoms. The summed E-state index contributed by atoms with van der Waals surface area (Å²) < 4.78 is 12.9. The average molecular weight is 459 g/mol. The van der Waals surface area contributed by atoms with E-state index in [0.29, 0.717) is 12.6 Å². The molecule has 2 fully saturated rings. The van der Waals surface area contributed by atoms with E-state index >= 15 is 0 Å². The molecule has 0 saturated carbocycles. The predicted molar refractivity (Wildman–Crippen MR) is 117 cm³/mol. The van der Waals surface area contributed by atoms with Crippen molar-refractivity contribution in [1.82, 2.24) is 5.32 Å². The van der Waals surface area contributed by atoms with Crippen LogP contribution in [0.25, 0.3) is 0 Å². The zero-order valence-electron chi connectivity index (χ0n) is 18.0. The van der Waals surface area contributed by atoms with Gasteiger partial charge < -0.3 is 35.2 Å². The quantitative estimate of drug-likeness (QED) is 0.432. The first-order chi connectivity index (χ1) is 15.8. The highest BCUT2D eigenvalue weighted by Crippen LogP contribution is 2.41. The third kappa shape index (κ3) is 5.95. The molecule has 2 heterocycles. The minimum Gasteiger partial charge on any atom is -0.479 e. The van der Waals surface area contributed by atoms with Gasteiger partial charge in [0.25, 0.3) is 0 Å². The molecule has 0 aromatic heterocycles. The van der Waals surface area contributed by atoms with E-state index in [0.717, 1.165) is 24.1 Å². The van der Waals surface area contributed by atoms with Crippen LogP contribution in [-0.2, 0) is 24.8 Å². The number of nitrogens with one attached hydrogen (secondary N) is 1. The van der Waals surface area contributed by atoms with Crippen LogP contribution in [-0.4, -0.2) is 69.9 Å². The Morgan fingerprint density at radius 1 is 0.879 bits per heavy atom. The number of aliphatic hydroxyl groups excluding tert-OH is 2. The monoisotopic (exact) mass is 459 g/mol. The maximum absolute atomic E-state index is 9.77. The molecule has 0 aliphatic carbocycles. The number of carbonyl (C=O) groups is 2. The van der Waals surface area contributed by atoms with Crippen molar-refractivity contribution in [3.05, 3.63) is 71.8 Å². The summed E-state index contributed by atoms with van der Waals surface area (Å²) in [7, 11) is 0. The Morgan fingerprint density at radius 3 is 1.82 bits per heavy atom. The lowest BCUT2D eigenvalue weighted by molar-refractivity contribution is -0.165. The van der Waals surface area contributed by atoms with E-state index in [2.05, 4.69) is 29.6 Å². The third-order valence-corrected chi connectivity index (χ3v) is 5.68. The van der Waals surface area contributed by atoms with E-state index < -0.39 is 29.9 Å². The summed E-state index contributed by atoms with van der Waals surface area (Å²) >= 11 is 0. The van der Waals surface area contributed by atoms with Crippen molar-refractivity contribution >= 4 is 11.9 Å². The first-order valence-electron chi connectivity index (χ1n) is 10.8. The van der Waals surface area contributed by atoms with Gasteiger partial charge in [-0.25, -0.2) is 9.59 Å². The summed E-state index contributed by atoms with van der Waals surface area (Å²) in [6, 6.07) is 20.9. The number of carboxylic acid groups (broad SMARTS) is 2. The number of aliphatic carboxylic acids is 2. The molecular weight excluding hydrogens is 430 g/mol. The van der Waals surface area contributed by atoms with Crippen LogP contribution in [0, 0.1) is 0 Å². The molecule has 2 aliphatic rings. The third-order valence-electron chi connectivity index (χ3n) is 5.68. The van der Waals surface area contributed by atoms with Crippen LogP contribution < -0.4 is 5.32 Å². The van der Waals surface area contributed by atoms with Crippen molar-refractivity contribution in [1.29, 1.82) is 0 Å². The van der Waals surface area contributed by atoms with Gasteiger partial charge in [0.05, 0.1) is 6.61 Å². The Hall–Kier alpha value is -2.82.